The highest BCUT2D eigenvalue weighted by Gasteiger charge is 2.03. The third-order valence-electron chi connectivity index (χ3n) is 3.49. The number of para-hydroxylation sites is 2. The minimum Gasteiger partial charge on any atom is -0.338 e. The van der Waals surface area contributed by atoms with Crippen LogP contribution in [0, 0.1) is 0 Å². The van der Waals surface area contributed by atoms with Gasteiger partial charge in [-0.1, -0.05) is 23.7 Å². The van der Waals surface area contributed by atoms with Crippen LogP contribution in [0.3, 0.4) is 0 Å². The standard InChI is InChI=1S/C17H17ClN4O/c18-13-6-8-14(9-7-13)21-17(23)19-10-3-11-22-12-20-15-4-1-2-5-16(15)22/h1-2,4-9,12H,3,10-11H2,(H2,19,21,23). The van der Waals surface area contributed by atoms with E-state index >= 15 is 0 Å². The Morgan fingerprint density at radius 1 is 1.13 bits per heavy atom. The Morgan fingerprint density at radius 2 is 1.91 bits per heavy atom. The Kier molecular flexibility index (Phi) is 4.78. The van der Waals surface area contributed by atoms with Crippen molar-refractivity contribution >= 4 is 34.4 Å². The Balaban J connectivity index is 1.44. The number of halogens is 1. The van der Waals surface area contributed by atoms with Gasteiger partial charge in [0.15, 0.2) is 0 Å². The van der Waals surface area contributed by atoms with Gasteiger partial charge in [-0.15, -0.1) is 0 Å². The van der Waals surface area contributed by atoms with E-state index in [4.69, 9.17) is 11.6 Å². The van der Waals surface area contributed by atoms with E-state index in [1.165, 1.54) is 0 Å². The molecule has 0 aliphatic heterocycles. The summed E-state index contributed by atoms with van der Waals surface area (Å²) in [5.74, 6) is 0. The zero-order valence-corrected chi connectivity index (χ0v) is 13.3. The summed E-state index contributed by atoms with van der Waals surface area (Å²) in [6.45, 7) is 1.40. The number of rotatable bonds is 5. The maximum absolute atomic E-state index is 11.8. The molecule has 118 valence electrons. The van der Waals surface area contributed by atoms with Crippen LogP contribution in [0.4, 0.5) is 10.5 Å². The van der Waals surface area contributed by atoms with Crippen LogP contribution < -0.4 is 10.6 Å². The number of anilines is 1. The fourth-order valence-electron chi connectivity index (χ4n) is 2.35. The number of fused-ring (bicyclic) bond motifs is 1. The number of amides is 2. The molecule has 1 aromatic heterocycles. The second-order valence-electron chi connectivity index (χ2n) is 5.17. The minimum absolute atomic E-state index is 0.220. The van der Waals surface area contributed by atoms with E-state index in [9.17, 15) is 4.79 Å². The number of carbonyl (C=O) groups excluding carboxylic acids is 1. The fourth-order valence-corrected chi connectivity index (χ4v) is 2.47. The van der Waals surface area contributed by atoms with E-state index < -0.39 is 0 Å². The molecule has 5 nitrogen and oxygen atoms in total. The van der Waals surface area contributed by atoms with Gasteiger partial charge >= 0.3 is 6.03 Å². The van der Waals surface area contributed by atoms with E-state index in [1.54, 1.807) is 24.3 Å². The lowest BCUT2D eigenvalue weighted by atomic mass is 10.3. The number of hydrogen-bond donors (Lipinski definition) is 2. The molecule has 0 unspecified atom stereocenters. The molecule has 0 spiro atoms. The van der Waals surface area contributed by atoms with Crippen LogP contribution in [-0.2, 0) is 6.54 Å². The number of nitrogens with zero attached hydrogens (tertiary/aromatic N) is 2. The first-order chi connectivity index (χ1) is 11.2. The summed E-state index contributed by atoms with van der Waals surface area (Å²) >= 11 is 5.81. The van der Waals surface area contributed by atoms with Crippen LogP contribution >= 0.6 is 11.6 Å². The summed E-state index contributed by atoms with van der Waals surface area (Å²) < 4.78 is 2.09. The SMILES string of the molecule is O=C(NCCCn1cnc2ccccc21)Nc1ccc(Cl)cc1. The van der Waals surface area contributed by atoms with Crippen molar-refractivity contribution in [2.24, 2.45) is 0 Å². The number of aryl methyl sites for hydroxylation is 1. The normalized spacial score (nSPS) is 10.7. The van der Waals surface area contributed by atoms with Gasteiger partial charge in [0.05, 0.1) is 17.4 Å². The first kappa shape index (κ1) is 15.4. The molecule has 6 heteroatoms. The summed E-state index contributed by atoms with van der Waals surface area (Å²) in [4.78, 5) is 16.1. The maximum Gasteiger partial charge on any atom is 0.319 e. The van der Waals surface area contributed by atoms with Crippen molar-refractivity contribution in [2.45, 2.75) is 13.0 Å². The topological polar surface area (TPSA) is 59.0 Å². The molecule has 3 rings (SSSR count). The summed E-state index contributed by atoms with van der Waals surface area (Å²) in [7, 11) is 0. The van der Waals surface area contributed by atoms with Crippen molar-refractivity contribution in [3.63, 3.8) is 0 Å². The van der Waals surface area contributed by atoms with Crippen molar-refractivity contribution in [1.29, 1.82) is 0 Å². The molecule has 0 fully saturated rings. The molecule has 23 heavy (non-hydrogen) atoms. The lowest BCUT2D eigenvalue weighted by molar-refractivity contribution is 0.252. The monoisotopic (exact) mass is 328 g/mol. The average Bonchev–Trinajstić information content (AvgIpc) is 2.97. The fraction of sp³-hybridized carbons (Fsp3) is 0.176. The number of urea groups is 1. The minimum atomic E-state index is -0.220. The number of imidazole rings is 1. The maximum atomic E-state index is 11.8. The van der Waals surface area contributed by atoms with Crippen molar-refractivity contribution in [2.75, 3.05) is 11.9 Å². The summed E-state index contributed by atoms with van der Waals surface area (Å²) in [6, 6.07) is 14.8. The highest BCUT2D eigenvalue weighted by molar-refractivity contribution is 6.30. The van der Waals surface area contributed by atoms with Crippen molar-refractivity contribution < 1.29 is 4.79 Å². The molecule has 0 aliphatic rings. The van der Waals surface area contributed by atoms with Gasteiger partial charge in [0, 0.05) is 23.8 Å². The molecule has 3 aromatic rings. The quantitative estimate of drug-likeness (QED) is 0.698. The highest BCUT2D eigenvalue weighted by atomic mass is 35.5. The van der Waals surface area contributed by atoms with Crippen LogP contribution in [0.25, 0.3) is 11.0 Å². The molecule has 2 amide bonds. The van der Waals surface area contributed by atoms with E-state index in [-0.39, 0.29) is 6.03 Å². The second kappa shape index (κ2) is 7.15. The first-order valence-electron chi connectivity index (χ1n) is 7.43. The van der Waals surface area contributed by atoms with Gasteiger partial charge in [-0.3, -0.25) is 0 Å². The van der Waals surface area contributed by atoms with Gasteiger partial charge < -0.3 is 15.2 Å². The Bertz CT molecular complexity index is 798. The average molecular weight is 329 g/mol. The zero-order chi connectivity index (χ0) is 16.1. The third kappa shape index (κ3) is 4.02. The van der Waals surface area contributed by atoms with Gasteiger partial charge in [0.25, 0.3) is 0 Å². The largest absolute Gasteiger partial charge is 0.338 e. The Hall–Kier alpha value is -2.53. The number of nitrogens with one attached hydrogen (secondary N) is 2. The Morgan fingerprint density at radius 3 is 2.74 bits per heavy atom. The molecule has 0 atom stereocenters. The lowest BCUT2D eigenvalue weighted by Crippen LogP contribution is -2.30. The van der Waals surface area contributed by atoms with Crippen LogP contribution in [0.15, 0.2) is 54.9 Å². The van der Waals surface area contributed by atoms with Gasteiger partial charge in [0.2, 0.25) is 0 Å². The van der Waals surface area contributed by atoms with Crippen molar-refractivity contribution in [3.8, 4) is 0 Å². The molecule has 0 bridgehead atoms. The van der Waals surface area contributed by atoms with Gasteiger partial charge in [-0.2, -0.15) is 0 Å². The molecule has 0 radical (unpaired) electrons. The van der Waals surface area contributed by atoms with E-state index in [0.29, 0.717) is 17.3 Å². The molecule has 0 saturated heterocycles. The van der Waals surface area contributed by atoms with Crippen LogP contribution in [0.5, 0.6) is 0 Å². The molecule has 1 heterocycles. The molecule has 0 aliphatic carbocycles. The number of aromatic nitrogens is 2. The third-order valence-corrected chi connectivity index (χ3v) is 3.74. The van der Waals surface area contributed by atoms with Gasteiger partial charge in [-0.25, -0.2) is 9.78 Å². The smallest absolute Gasteiger partial charge is 0.319 e. The van der Waals surface area contributed by atoms with E-state index in [2.05, 4.69) is 20.2 Å². The van der Waals surface area contributed by atoms with Crippen LogP contribution in [0.1, 0.15) is 6.42 Å². The summed E-state index contributed by atoms with van der Waals surface area (Å²) in [6.07, 6.45) is 2.66. The predicted molar refractivity (Wildman–Crippen MR) is 92.8 cm³/mol. The van der Waals surface area contributed by atoms with Gasteiger partial charge in [-0.05, 0) is 42.8 Å². The van der Waals surface area contributed by atoms with Gasteiger partial charge in [0.1, 0.15) is 0 Å². The van der Waals surface area contributed by atoms with E-state index in [0.717, 1.165) is 24.0 Å². The van der Waals surface area contributed by atoms with Crippen molar-refractivity contribution in [3.05, 3.63) is 59.9 Å². The summed E-state index contributed by atoms with van der Waals surface area (Å²) in [5, 5.41) is 6.25. The zero-order valence-electron chi connectivity index (χ0n) is 12.5. The van der Waals surface area contributed by atoms with Crippen LogP contribution in [-0.4, -0.2) is 22.1 Å². The first-order valence-corrected chi connectivity index (χ1v) is 7.80. The number of benzene rings is 2. The molecule has 2 N–H and O–H groups in total. The molecular formula is C17H17ClN4O. The van der Waals surface area contributed by atoms with Crippen LogP contribution in [0.2, 0.25) is 5.02 Å². The molecule has 0 saturated carbocycles. The van der Waals surface area contributed by atoms with Crippen molar-refractivity contribution in [1.82, 2.24) is 14.9 Å². The number of hydrogen-bond acceptors (Lipinski definition) is 2. The predicted octanol–water partition coefficient (Wildman–Crippen LogP) is 3.90. The lowest BCUT2D eigenvalue weighted by Gasteiger charge is -2.08. The molecular weight excluding hydrogens is 312 g/mol. The Labute approximate surface area is 139 Å². The highest BCUT2D eigenvalue weighted by Crippen LogP contribution is 2.13. The number of carbonyl (C=O) groups is 1. The molecule has 2 aromatic carbocycles. The van der Waals surface area contributed by atoms with E-state index in [1.807, 2.05) is 30.6 Å². The second-order valence-corrected chi connectivity index (χ2v) is 5.60. The summed E-state index contributed by atoms with van der Waals surface area (Å²) in [5.41, 5.74) is 2.81.